The third-order valence-corrected chi connectivity index (χ3v) is 5.93. The molecule has 1 aliphatic rings. The number of nitrogens with two attached hydrogens (primary N) is 1. The topological polar surface area (TPSA) is 63.4 Å². The Bertz CT molecular complexity index is 800. The highest BCUT2D eigenvalue weighted by atomic mass is 32.2. The Morgan fingerprint density at radius 1 is 1.18 bits per heavy atom. The molecule has 0 spiro atoms. The quantitative estimate of drug-likeness (QED) is 0.884. The number of anilines is 3. The Labute approximate surface area is 131 Å². The molecule has 0 aromatic heterocycles. The van der Waals surface area contributed by atoms with Crippen LogP contribution in [0, 0.1) is 0 Å². The van der Waals surface area contributed by atoms with Crippen LogP contribution in [0.1, 0.15) is 18.9 Å². The fourth-order valence-electron chi connectivity index (χ4n) is 2.94. The summed E-state index contributed by atoms with van der Waals surface area (Å²) in [7, 11) is -3.28. The Morgan fingerprint density at radius 3 is 2.68 bits per heavy atom. The maximum Gasteiger partial charge on any atom is 0.180 e. The van der Waals surface area contributed by atoms with Gasteiger partial charge >= 0.3 is 0 Å². The predicted molar refractivity (Wildman–Crippen MR) is 90.4 cm³/mol. The summed E-state index contributed by atoms with van der Waals surface area (Å²) in [6, 6.07) is 13.6. The molecule has 4 nitrogen and oxygen atoms in total. The second kappa shape index (κ2) is 5.65. The summed E-state index contributed by atoms with van der Waals surface area (Å²) in [6.07, 6.45) is 2.15. The summed E-state index contributed by atoms with van der Waals surface area (Å²) in [5.74, 6) is 0.0586. The molecule has 2 aromatic carbocycles. The first-order valence-corrected chi connectivity index (χ1v) is 9.16. The second-order valence-electron chi connectivity index (χ2n) is 5.51. The van der Waals surface area contributed by atoms with Crippen molar-refractivity contribution in [3.8, 4) is 0 Å². The first kappa shape index (κ1) is 14.9. The molecule has 0 fully saturated rings. The average Bonchev–Trinajstić information content (AvgIpc) is 2.54. The lowest BCUT2D eigenvalue weighted by atomic mass is 10.0. The molecule has 0 saturated carbocycles. The zero-order valence-corrected chi connectivity index (χ0v) is 13.4. The summed E-state index contributed by atoms with van der Waals surface area (Å²) in [6.45, 7) is 2.54. The first-order valence-electron chi connectivity index (χ1n) is 7.50. The number of fused-ring (bicyclic) bond motifs is 1. The monoisotopic (exact) mass is 316 g/mol. The predicted octanol–water partition coefficient (Wildman–Crippen LogP) is 3.15. The van der Waals surface area contributed by atoms with Crippen molar-refractivity contribution in [1.29, 1.82) is 0 Å². The SMILES string of the molecule is CCS(=O)(=O)c1ccc(N2CCCc3ccccc32)cc1N. The van der Waals surface area contributed by atoms with Crippen LogP contribution in [0.25, 0.3) is 0 Å². The van der Waals surface area contributed by atoms with Crippen molar-refractivity contribution in [3.05, 3.63) is 48.0 Å². The third kappa shape index (κ3) is 2.57. The molecule has 0 unspecified atom stereocenters. The second-order valence-corrected chi connectivity index (χ2v) is 7.76. The van der Waals surface area contributed by atoms with Crippen molar-refractivity contribution in [1.82, 2.24) is 0 Å². The van der Waals surface area contributed by atoms with E-state index in [2.05, 4.69) is 17.0 Å². The number of nitrogen functional groups attached to an aromatic ring is 1. The van der Waals surface area contributed by atoms with Crippen LogP contribution in [-0.4, -0.2) is 20.7 Å². The highest BCUT2D eigenvalue weighted by Gasteiger charge is 2.20. The molecule has 2 N–H and O–H groups in total. The van der Waals surface area contributed by atoms with Gasteiger partial charge in [0.2, 0.25) is 0 Å². The van der Waals surface area contributed by atoms with Gasteiger partial charge < -0.3 is 10.6 Å². The number of nitrogens with zero attached hydrogens (tertiary/aromatic N) is 1. The lowest BCUT2D eigenvalue weighted by molar-refractivity contribution is 0.597. The molecule has 5 heteroatoms. The number of aryl methyl sites for hydroxylation is 1. The molecule has 0 amide bonds. The molecular formula is C17H20N2O2S. The molecule has 0 atom stereocenters. The Hall–Kier alpha value is -2.01. The zero-order chi connectivity index (χ0) is 15.7. The van der Waals surface area contributed by atoms with Crippen LogP contribution in [0.3, 0.4) is 0 Å². The van der Waals surface area contributed by atoms with Crippen LogP contribution < -0.4 is 10.6 Å². The van der Waals surface area contributed by atoms with Crippen LogP contribution >= 0.6 is 0 Å². The van der Waals surface area contributed by atoms with Crippen molar-refractivity contribution < 1.29 is 8.42 Å². The van der Waals surface area contributed by atoms with Gasteiger partial charge in [0, 0.05) is 17.9 Å². The van der Waals surface area contributed by atoms with Gasteiger partial charge in [0.15, 0.2) is 9.84 Å². The summed E-state index contributed by atoms with van der Waals surface area (Å²) in [5.41, 5.74) is 9.77. The molecule has 1 heterocycles. The van der Waals surface area contributed by atoms with E-state index < -0.39 is 9.84 Å². The fraction of sp³-hybridized carbons (Fsp3) is 0.294. The number of hydrogen-bond donors (Lipinski definition) is 1. The summed E-state index contributed by atoms with van der Waals surface area (Å²) >= 11 is 0. The average molecular weight is 316 g/mol. The van der Waals surface area contributed by atoms with E-state index in [0.717, 1.165) is 25.1 Å². The normalized spacial score (nSPS) is 14.7. The van der Waals surface area contributed by atoms with Gasteiger partial charge in [-0.2, -0.15) is 0 Å². The lowest BCUT2D eigenvalue weighted by Crippen LogP contribution is -2.24. The molecule has 3 rings (SSSR count). The van der Waals surface area contributed by atoms with Crippen LogP contribution in [0.5, 0.6) is 0 Å². The maximum absolute atomic E-state index is 12.0. The van der Waals surface area contributed by atoms with E-state index in [9.17, 15) is 8.42 Å². The number of hydrogen-bond acceptors (Lipinski definition) is 4. The van der Waals surface area contributed by atoms with Gasteiger partial charge in [-0.1, -0.05) is 25.1 Å². The van der Waals surface area contributed by atoms with Crippen molar-refractivity contribution in [2.75, 3.05) is 22.9 Å². The van der Waals surface area contributed by atoms with Gasteiger partial charge in [-0.3, -0.25) is 0 Å². The van der Waals surface area contributed by atoms with E-state index in [1.54, 1.807) is 19.1 Å². The standard InChI is InChI=1S/C17H20N2O2S/c1-2-22(20,21)17-10-9-14(12-15(17)18)19-11-5-7-13-6-3-4-8-16(13)19/h3-4,6,8-10,12H,2,5,7,11,18H2,1H3. The van der Waals surface area contributed by atoms with Gasteiger partial charge in [0.1, 0.15) is 0 Å². The minimum Gasteiger partial charge on any atom is -0.398 e. The first-order chi connectivity index (χ1) is 10.5. The van der Waals surface area contributed by atoms with E-state index >= 15 is 0 Å². The molecule has 1 aliphatic heterocycles. The smallest absolute Gasteiger partial charge is 0.180 e. The maximum atomic E-state index is 12.0. The number of para-hydroxylation sites is 1. The number of rotatable bonds is 3. The fourth-order valence-corrected chi connectivity index (χ4v) is 3.95. The van der Waals surface area contributed by atoms with Gasteiger partial charge in [-0.25, -0.2) is 8.42 Å². The van der Waals surface area contributed by atoms with Crippen molar-refractivity contribution in [3.63, 3.8) is 0 Å². The molecule has 0 aliphatic carbocycles. The minimum atomic E-state index is -3.28. The Kier molecular flexibility index (Phi) is 3.83. The van der Waals surface area contributed by atoms with Crippen molar-refractivity contribution in [2.24, 2.45) is 0 Å². The molecule has 0 bridgehead atoms. The number of sulfone groups is 1. The highest BCUT2D eigenvalue weighted by molar-refractivity contribution is 7.91. The Morgan fingerprint density at radius 2 is 1.95 bits per heavy atom. The molecule has 116 valence electrons. The van der Waals surface area contributed by atoms with E-state index in [-0.39, 0.29) is 10.6 Å². The van der Waals surface area contributed by atoms with Crippen molar-refractivity contribution >= 4 is 26.9 Å². The van der Waals surface area contributed by atoms with E-state index in [4.69, 9.17) is 5.73 Å². The van der Waals surface area contributed by atoms with Crippen molar-refractivity contribution in [2.45, 2.75) is 24.7 Å². The van der Waals surface area contributed by atoms with Gasteiger partial charge in [0.25, 0.3) is 0 Å². The van der Waals surface area contributed by atoms with Gasteiger partial charge in [-0.05, 0) is 42.7 Å². The van der Waals surface area contributed by atoms with E-state index in [1.807, 2.05) is 18.2 Å². The van der Waals surface area contributed by atoms with Crippen LogP contribution in [0.4, 0.5) is 17.1 Å². The molecule has 0 saturated heterocycles. The van der Waals surface area contributed by atoms with Gasteiger partial charge in [-0.15, -0.1) is 0 Å². The molecule has 22 heavy (non-hydrogen) atoms. The molecule has 2 aromatic rings. The van der Waals surface area contributed by atoms with E-state index in [1.165, 1.54) is 11.3 Å². The summed E-state index contributed by atoms with van der Waals surface area (Å²) in [5, 5.41) is 0. The Balaban J connectivity index is 2.03. The van der Waals surface area contributed by atoms with Crippen LogP contribution in [0.2, 0.25) is 0 Å². The molecular weight excluding hydrogens is 296 g/mol. The number of benzene rings is 2. The zero-order valence-electron chi connectivity index (χ0n) is 12.6. The lowest BCUT2D eigenvalue weighted by Gasteiger charge is -2.31. The largest absolute Gasteiger partial charge is 0.398 e. The summed E-state index contributed by atoms with van der Waals surface area (Å²) < 4.78 is 24.0. The highest BCUT2D eigenvalue weighted by Crippen LogP contribution is 2.35. The molecule has 0 radical (unpaired) electrons. The third-order valence-electron chi connectivity index (χ3n) is 4.13. The van der Waals surface area contributed by atoms with Crippen LogP contribution in [-0.2, 0) is 16.3 Å². The van der Waals surface area contributed by atoms with Gasteiger partial charge in [0.05, 0.1) is 16.3 Å². The minimum absolute atomic E-state index is 0.0586. The van der Waals surface area contributed by atoms with E-state index in [0.29, 0.717) is 5.69 Å². The summed E-state index contributed by atoms with van der Waals surface area (Å²) in [4.78, 5) is 2.43. The van der Waals surface area contributed by atoms with Crippen LogP contribution in [0.15, 0.2) is 47.4 Å².